The van der Waals surface area contributed by atoms with E-state index in [0.29, 0.717) is 0 Å². The van der Waals surface area contributed by atoms with Gasteiger partial charge in [-0.3, -0.25) is 4.79 Å². The maximum Gasteiger partial charge on any atom is 0.344 e. The average molecular weight is 214 g/mol. The van der Waals surface area contributed by atoms with E-state index in [9.17, 15) is 14.4 Å². The SMILES string of the molecule is C=CC(=O)OCC(=O)OC1COC(=O)C1. The maximum atomic E-state index is 11.0. The van der Waals surface area contributed by atoms with Crippen LogP contribution in [0.15, 0.2) is 12.7 Å². The number of cyclic esters (lactones) is 1. The minimum absolute atomic E-state index is 0.0428. The van der Waals surface area contributed by atoms with Gasteiger partial charge in [0, 0.05) is 6.08 Å². The normalized spacial score (nSPS) is 19.2. The zero-order chi connectivity index (χ0) is 11.3. The third-order valence-electron chi connectivity index (χ3n) is 1.62. The molecule has 1 fully saturated rings. The molecule has 0 saturated carbocycles. The topological polar surface area (TPSA) is 78.9 Å². The molecule has 1 atom stereocenters. The van der Waals surface area contributed by atoms with Gasteiger partial charge in [-0.15, -0.1) is 0 Å². The summed E-state index contributed by atoms with van der Waals surface area (Å²) in [6, 6.07) is 0. The molecule has 82 valence electrons. The fourth-order valence-corrected chi connectivity index (χ4v) is 0.974. The number of hydrogen-bond acceptors (Lipinski definition) is 6. The first-order valence-electron chi connectivity index (χ1n) is 4.26. The van der Waals surface area contributed by atoms with Gasteiger partial charge in [0.1, 0.15) is 12.7 Å². The van der Waals surface area contributed by atoms with Crippen LogP contribution in [0.2, 0.25) is 0 Å². The Morgan fingerprint density at radius 3 is 2.87 bits per heavy atom. The van der Waals surface area contributed by atoms with E-state index >= 15 is 0 Å². The molecule has 1 rings (SSSR count). The van der Waals surface area contributed by atoms with Crippen molar-refractivity contribution in [2.24, 2.45) is 0 Å². The van der Waals surface area contributed by atoms with Crippen molar-refractivity contribution in [3.63, 3.8) is 0 Å². The lowest BCUT2D eigenvalue weighted by atomic mass is 10.3. The molecular formula is C9H10O6. The molecule has 6 nitrogen and oxygen atoms in total. The Hall–Kier alpha value is -1.85. The van der Waals surface area contributed by atoms with Crippen molar-refractivity contribution in [2.75, 3.05) is 13.2 Å². The van der Waals surface area contributed by atoms with Gasteiger partial charge in [-0.2, -0.15) is 0 Å². The summed E-state index contributed by atoms with van der Waals surface area (Å²) in [5.74, 6) is -1.82. The van der Waals surface area contributed by atoms with Crippen molar-refractivity contribution in [3.05, 3.63) is 12.7 Å². The molecule has 0 aliphatic carbocycles. The van der Waals surface area contributed by atoms with Crippen molar-refractivity contribution in [1.29, 1.82) is 0 Å². The molecule has 1 aliphatic rings. The van der Waals surface area contributed by atoms with Crippen molar-refractivity contribution >= 4 is 17.9 Å². The highest BCUT2D eigenvalue weighted by molar-refractivity contribution is 5.83. The Kier molecular flexibility index (Phi) is 3.84. The van der Waals surface area contributed by atoms with Crippen LogP contribution in [0.4, 0.5) is 0 Å². The molecule has 15 heavy (non-hydrogen) atoms. The largest absolute Gasteiger partial charge is 0.462 e. The van der Waals surface area contributed by atoms with Gasteiger partial charge in [-0.25, -0.2) is 9.59 Å². The van der Waals surface area contributed by atoms with Crippen molar-refractivity contribution in [3.8, 4) is 0 Å². The molecule has 1 saturated heterocycles. The number of hydrogen-bond donors (Lipinski definition) is 0. The van der Waals surface area contributed by atoms with E-state index in [1.165, 1.54) is 0 Å². The van der Waals surface area contributed by atoms with Crippen LogP contribution in [-0.4, -0.2) is 37.2 Å². The summed E-state index contributed by atoms with van der Waals surface area (Å²) >= 11 is 0. The predicted molar refractivity (Wildman–Crippen MR) is 46.6 cm³/mol. The minimum Gasteiger partial charge on any atom is -0.462 e. The quantitative estimate of drug-likeness (QED) is 0.359. The van der Waals surface area contributed by atoms with Gasteiger partial charge in [0.05, 0.1) is 6.42 Å². The molecule has 0 amide bonds. The van der Waals surface area contributed by atoms with Gasteiger partial charge in [0.25, 0.3) is 0 Å². The zero-order valence-electron chi connectivity index (χ0n) is 7.93. The molecule has 1 heterocycles. The van der Waals surface area contributed by atoms with E-state index in [0.717, 1.165) is 6.08 Å². The van der Waals surface area contributed by atoms with Crippen LogP contribution in [0.3, 0.4) is 0 Å². The fraction of sp³-hybridized carbons (Fsp3) is 0.444. The minimum atomic E-state index is -0.714. The Morgan fingerprint density at radius 1 is 1.60 bits per heavy atom. The highest BCUT2D eigenvalue weighted by Crippen LogP contribution is 2.09. The monoisotopic (exact) mass is 214 g/mol. The van der Waals surface area contributed by atoms with E-state index in [2.05, 4.69) is 16.1 Å². The molecule has 0 spiro atoms. The summed E-state index contributed by atoms with van der Waals surface area (Å²) in [7, 11) is 0. The molecule has 6 heteroatoms. The number of rotatable bonds is 4. The lowest BCUT2D eigenvalue weighted by Crippen LogP contribution is -2.22. The summed E-state index contributed by atoms with van der Waals surface area (Å²) in [6.07, 6.45) is 0.406. The van der Waals surface area contributed by atoms with Crippen LogP contribution in [0.1, 0.15) is 6.42 Å². The van der Waals surface area contributed by atoms with Gasteiger partial charge in [-0.1, -0.05) is 6.58 Å². The fourth-order valence-electron chi connectivity index (χ4n) is 0.974. The Bertz CT molecular complexity index is 295. The molecular weight excluding hydrogens is 204 g/mol. The van der Waals surface area contributed by atoms with Crippen LogP contribution >= 0.6 is 0 Å². The summed E-state index contributed by atoms with van der Waals surface area (Å²) < 4.78 is 13.8. The molecule has 0 aromatic rings. The van der Waals surface area contributed by atoms with Gasteiger partial charge in [0.2, 0.25) is 0 Å². The Morgan fingerprint density at radius 2 is 2.33 bits per heavy atom. The lowest BCUT2D eigenvalue weighted by Gasteiger charge is -2.08. The van der Waals surface area contributed by atoms with Gasteiger partial charge >= 0.3 is 17.9 Å². The second-order valence-corrected chi connectivity index (χ2v) is 2.81. The second kappa shape index (κ2) is 5.14. The van der Waals surface area contributed by atoms with Crippen molar-refractivity contribution in [1.82, 2.24) is 0 Å². The Balaban J connectivity index is 2.21. The third-order valence-corrected chi connectivity index (χ3v) is 1.62. The van der Waals surface area contributed by atoms with Crippen LogP contribution in [0.25, 0.3) is 0 Å². The molecule has 0 aromatic carbocycles. The van der Waals surface area contributed by atoms with Crippen molar-refractivity contribution in [2.45, 2.75) is 12.5 Å². The molecule has 1 aliphatic heterocycles. The summed E-state index contributed by atoms with van der Waals surface area (Å²) in [4.78, 5) is 32.2. The zero-order valence-corrected chi connectivity index (χ0v) is 7.93. The molecule has 0 N–H and O–H groups in total. The van der Waals surface area contributed by atoms with E-state index in [1.807, 2.05) is 0 Å². The first-order valence-corrected chi connectivity index (χ1v) is 4.26. The average Bonchev–Trinajstić information content (AvgIpc) is 2.60. The highest BCUT2D eigenvalue weighted by atomic mass is 16.6. The van der Waals surface area contributed by atoms with Gasteiger partial charge < -0.3 is 14.2 Å². The van der Waals surface area contributed by atoms with Gasteiger partial charge in [0.15, 0.2) is 6.61 Å². The van der Waals surface area contributed by atoms with E-state index < -0.39 is 30.6 Å². The van der Waals surface area contributed by atoms with Crippen LogP contribution in [-0.2, 0) is 28.6 Å². The second-order valence-electron chi connectivity index (χ2n) is 2.81. The van der Waals surface area contributed by atoms with E-state index in [1.54, 1.807) is 0 Å². The summed E-state index contributed by atoms with van der Waals surface area (Å²) in [6.45, 7) is 2.73. The van der Waals surface area contributed by atoms with E-state index in [-0.39, 0.29) is 13.0 Å². The molecule has 0 aromatic heterocycles. The molecule has 0 bridgehead atoms. The lowest BCUT2D eigenvalue weighted by molar-refractivity contribution is -0.160. The number of esters is 3. The van der Waals surface area contributed by atoms with Crippen LogP contribution < -0.4 is 0 Å². The van der Waals surface area contributed by atoms with Crippen molar-refractivity contribution < 1.29 is 28.6 Å². The number of ether oxygens (including phenoxy) is 3. The first kappa shape index (κ1) is 11.2. The Labute approximate surface area is 85.8 Å². The predicted octanol–water partition coefficient (Wildman–Crippen LogP) is -0.426. The molecule has 0 radical (unpaired) electrons. The number of carbonyl (C=O) groups is 3. The smallest absolute Gasteiger partial charge is 0.344 e. The van der Waals surface area contributed by atoms with Gasteiger partial charge in [-0.05, 0) is 0 Å². The maximum absolute atomic E-state index is 11.0. The third kappa shape index (κ3) is 3.80. The standard InChI is InChI=1S/C9H10O6/c1-2-7(10)14-5-9(12)15-6-3-8(11)13-4-6/h2,6H,1,3-5H2. The first-order chi connectivity index (χ1) is 7.11. The van der Waals surface area contributed by atoms with Crippen LogP contribution in [0.5, 0.6) is 0 Å². The summed E-state index contributed by atoms with van der Waals surface area (Å²) in [5.41, 5.74) is 0. The highest BCUT2D eigenvalue weighted by Gasteiger charge is 2.27. The summed E-state index contributed by atoms with van der Waals surface area (Å²) in [5, 5.41) is 0. The van der Waals surface area contributed by atoms with E-state index in [4.69, 9.17) is 4.74 Å². The molecule has 1 unspecified atom stereocenters. The van der Waals surface area contributed by atoms with Crippen LogP contribution in [0, 0.1) is 0 Å². The number of carbonyl (C=O) groups excluding carboxylic acids is 3.